The van der Waals surface area contributed by atoms with Gasteiger partial charge in [-0.1, -0.05) is 0 Å². The molecule has 5 nitrogen and oxygen atoms in total. The van der Waals surface area contributed by atoms with E-state index in [2.05, 4.69) is 10.3 Å². The van der Waals surface area contributed by atoms with E-state index in [0.717, 1.165) is 25.1 Å². The minimum Gasteiger partial charge on any atom is -0.363 e. The van der Waals surface area contributed by atoms with Crippen LogP contribution in [0.15, 0.2) is 18.3 Å². The molecule has 2 amide bonds. The van der Waals surface area contributed by atoms with E-state index in [9.17, 15) is 9.59 Å². The summed E-state index contributed by atoms with van der Waals surface area (Å²) in [4.78, 5) is 28.9. The van der Waals surface area contributed by atoms with Gasteiger partial charge in [-0.05, 0) is 31.4 Å². The van der Waals surface area contributed by atoms with E-state index < -0.39 is 0 Å². The quantitative estimate of drug-likeness (QED) is 0.840. The molecule has 2 fully saturated rings. The lowest BCUT2D eigenvalue weighted by Crippen LogP contribution is -2.44. The van der Waals surface area contributed by atoms with E-state index in [-0.39, 0.29) is 23.8 Å². The summed E-state index contributed by atoms with van der Waals surface area (Å²) in [6, 6.07) is 4.19. The molecular weight excluding hydrogens is 242 g/mol. The molecule has 2 saturated heterocycles. The maximum Gasteiger partial charge on any atom is 0.228 e. The average Bonchev–Trinajstić information content (AvgIpc) is 3.09. The number of aromatic amines is 1. The molecule has 0 aromatic carbocycles. The third-order valence-corrected chi connectivity index (χ3v) is 4.13. The van der Waals surface area contributed by atoms with Crippen LogP contribution in [0.4, 0.5) is 0 Å². The number of H-pyrrole nitrogens is 1. The summed E-state index contributed by atoms with van der Waals surface area (Å²) in [5.41, 5.74) is 1.12. The van der Waals surface area contributed by atoms with Crippen LogP contribution in [0, 0.1) is 5.92 Å². The zero-order valence-electron chi connectivity index (χ0n) is 10.9. The Morgan fingerprint density at radius 2 is 2.26 bits per heavy atom. The van der Waals surface area contributed by atoms with Crippen LogP contribution in [0.1, 0.15) is 37.4 Å². The summed E-state index contributed by atoms with van der Waals surface area (Å²) in [5, 5.41) is 2.79. The van der Waals surface area contributed by atoms with E-state index in [1.54, 1.807) is 0 Å². The molecule has 2 aliphatic rings. The highest BCUT2D eigenvalue weighted by Crippen LogP contribution is 2.32. The molecule has 0 aliphatic carbocycles. The third kappa shape index (κ3) is 2.37. The summed E-state index contributed by atoms with van der Waals surface area (Å²) in [6.45, 7) is 1.32. The van der Waals surface area contributed by atoms with Gasteiger partial charge in [-0.3, -0.25) is 9.59 Å². The monoisotopic (exact) mass is 261 g/mol. The van der Waals surface area contributed by atoms with Crippen LogP contribution in [0.5, 0.6) is 0 Å². The molecule has 0 bridgehead atoms. The molecule has 5 heteroatoms. The fraction of sp³-hybridized carbons (Fsp3) is 0.571. The van der Waals surface area contributed by atoms with Crippen LogP contribution >= 0.6 is 0 Å². The van der Waals surface area contributed by atoms with Gasteiger partial charge >= 0.3 is 0 Å². The molecule has 1 aromatic rings. The standard InChI is InChI=1S/C14H19N3O2/c18-13-6-5-10(9-16-13)14(19)17-8-2-4-12(17)11-3-1-7-15-11/h1,3,7,10,12,15H,2,4-6,8-9H2,(H,16,18). The van der Waals surface area contributed by atoms with Crippen LogP contribution in [0.2, 0.25) is 0 Å². The molecule has 2 unspecified atom stereocenters. The van der Waals surface area contributed by atoms with Crippen molar-refractivity contribution in [2.24, 2.45) is 5.92 Å². The van der Waals surface area contributed by atoms with Gasteiger partial charge in [0.25, 0.3) is 0 Å². The maximum absolute atomic E-state index is 12.6. The topological polar surface area (TPSA) is 65.2 Å². The second kappa shape index (κ2) is 5.07. The van der Waals surface area contributed by atoms with Gasteiger partial charge in [-0.25, -0.2) is 0 Å². The first-order valence-corrected chi connectivity index (χ1v) is 6.96. The lowest BCUT2D eigenvalue weighted by molar-refractivity contribution is -0.138. The molecule has 0 radical (unpaired) electrons. The Balaban J connectivity index is 1.70. The van der Waals surface area contributed by atoms with Gasteiger partial charge in [0.2, 0.25) is 11.8 Å². The van der Waals surface area contributed by atoms with Crippen molar-refractivity contribution in [3.63, 3.8) is 0 Å². The van der Waals surface area contributed by atoms with E-state index >= 15 is 0 Å². The van der Waals surface area contributed by atoms with Gasteiger partial charge in [-0.15, -0.1) is 0 Å². The molecule has 0 spiro atoms. The molecule has 2 aliphatic heterocycles. The van der Waals surface area contributed by atoms with Gasteiger partial charge < -0.3 is 15.2 Å². The average molecular weight is 261 g/mol. The molecule has 3 rings (SSSR count). The number of aromatic nitrogens is 1. The molecule has 19 heavy (non-hydrogen) atoms. The summed E-state index contributed by atoms with van der Waals surface area (Å²) in [5.74, 6) is 0.205. The number of rotatable bonds is 2. The van der Waals surface area contributed by atoms with Crippen molar-refractivity contribution in [3.05, 3.63) is 24.0 Å². The third-order valence-electron chi connectivity index (χ3n) is 4.13. The fourth-order valence-electron chi connectivity index (χ4n) is 3.08. The van der Waals surface area contributed by atoms with Gasteiger partial charge in [0, 0.05) is 31.4 Å². The van der Waals surface area contributed by atoms with Gasteiger partial charge in [0.1, 0.15) is 0 Å². The molecule has 102 valence electrons. The molecular formula is C14H19N3O2. The molecule has 3 heterocycles. The first-order valence-electron chi connectivity index (χ1n) is 6.96. The summed E-state index contributed by atoms with van der Waals surface area (Å²) < 4.78 is 0. The number of amides is 2. The molecule has 2 atom stereocenters. The second-order valence-corrected chi connectivity index (χ2v) is 5.35. The van der Waals surface area contributed by atoms with E-state index in [1.165, 1.54) is 0 Å². The molecule has 1 aromatic heterocycles. The van der Waals surface area contributed by atoms with Crippen molar-refractivity contribution >= 4 is 11.8 Å². The fourth-order valence-corrected chi connectivity index (χ4v) is 3.08. The first kappa shape index (κ1) is 12.3. The highest BCUT2D eigenvalue weighted by Gasteiger charge is 2.35. The number of carbonyl (C=O) groups is 2. The van der Waals surface area contributed by atoms with Crippen molar-refractivity contribution in [1.29, 1.82) is 0 Å². The SMILES string of the molecule is O=C1CCC(C(=O)N2CCCC2c2ccc[nH]2)CN1. The van der Waals surface area contributed by atoms with E-state index in [4.69, 9.17) is 0 Å². The zero-order valence-corrected chi connectivity index (χ0v) is 10.9. The van der Waals surface area contributed by atoms with Crippen LogP contribution < -0.4 is 5.32 Å². The summed E-state index contributed by atoms with van der Waals surface area (Å²) >= 11 is 0. The van der Waals surface area contributed by atoms with Crippen molar-refractivity contribution in [2.45, 2.75) is 31.7 Å². The molecule has 0 saturated carbocycles. The maximum atomic E-state index is 12.6. The Bertz CT molecular complexity index is 459. The number of carbonyl (C=O) groups excluding carboxylic acids is 2. The van der Waals surface area contributed by atoms with Crippen molar-refractivity contribution in [1.82, 2.24) is 15.2 Å². The predicted octanol–water partition coefficient (Wildman–Crippen LogP) is 1.20. The van der Waals surface area contributed by atoms with Crippen LogP contribution in [-0.4, -0.2) is 34.8 Å². The zero-order chi connectivity index (χ0) is 13.2. The number of hydrogen-bond donors (Lipinski definition) is 2. The molecule has 2 N–H and O–H groups in total. The minimum absolute atomic E-state index is 0.0479. The number of likely N-dealkylation sites (tertiary alicyclic amines) is 1. The number of nitrogens with zero attached hydrogens (tertiary/aromatic N) is 1. The normalized spacial score (nSPS) is 27.4. The predicted molar refractivity (Wildman–Crippen MR) is 70.2 cm³/mol. The largest absolute Gasteiger partial charge is 0.363 e. The number of piperidine rings is 1. The van der Waals surface area contributed by atoms with Crippen LogP contribution in [0.3, 0.4) is 0 Å². The summed E-state index contributed by atoms with van der Waals surface area (Å²) in [6.07, 6.45) is 5.12. The lowest BCUT2D eigenvalue weighted by Gasteiger charge is -2.30. The van der Waals surface area contributed by atoms with Crippen molar-refractivity contribution in [3.8, 4) is 0 Å². The minimum atomic E-state index is -0.0479. The first-order chi connectivity index (χ1) is 9.25. The smallest absolute Gasteiger partial charge is 0.228 e. The van der Waals surface area contributed by atoms with E-state index in [0.29, 0.717) is 19.4 Å². The Morgan fingerprint density at radius 3 is 2.95 bits per heavy atom. The Labute approximate surface area is 112 Å². The summed E-state index contributed by atoms with van der Waals surface area (Å²) in [7, 11) is 0. The van der Waals surface area contributed by atoms with Crippen LogP contribution in [0.25, 0.3) is 0 Å². The van der Waals surface area contributed by atoms with Gasteiger partial charge in [-0.2, -0.15) is 0 Å². The highest BCUT2D eigenvalue weighted by atomic mass is 16.2. The van der Waals surface area contributed by atoms with E-state index in [1.807, 2.05) is 23.2 Å². The number of hydrogen-bond acceptors (Lipinski definition) is 2. The Hall–Kier alpha value is -1.78. The van der Waals surface area contributed by atoms with Crippen LogP contribution in [-0.2, 0) is 9.59 Å². The lowest BCUT2D eigenvalue weighted by atomic mass is 9.97. The second-order valence-electron chi connectivity index (χ2n) is 5.35. The number of nitrogens with one attached hydrogen (secondary N) is 2. The Morgan fingerprint density at radius 1 is 1.37 bits per heavy atom. The van der Waals surface area contributed by atoms with Gasteiger partial charge in [0.05, 0.1) is 12.0 Å². The van der Waals surface area contributed by atoms with Crippen molar-refractivity contribution < 1.29 is 9.59 Å². The van der Waals surface area contributed by atoms with Crippen molar-refractivity contribution in [2.75, 3.05) is 13.1 Å². The Kier molecular flexibility index (Phi) is 3.27. The highest BCUT2D eigenvalue weighted by molar-refractivity contribution is 5.84. The van der Waals surface area contributed by atoms with Gasteiger partial charge in [0.15, 0.2) is 0 Å².